The van der Waals surface area contributed by atoms with Crippen molar-refractivity contribution >= 4 is 52.0 Å². The third kappa shape index (κ3) is 6.85. The summed E-state index contributed by atoms with van der Waals surface area (Å²) in [4.78, 5) is 18.6. The van der Waals surface area contributed by atoms with E-state index in [0.29, 0.717) is 22.8 Å². The van der Waals surface area contributed by atoms with Gasteiger partial charge in [0, 0.05) is 22.1 Å². The molecular formula is C22H23ClN4OS2. The maximum Gasteiger partial charge on any atom is 0.190 e. The van der Waals surface area contributed by atoms with E-state index in [1.54, 1.807) is 24.1 Å². The predicted molar refractivity (Wildman–Crippen MR) is 128 cm³/mol. The van der Waals surface area contributed by atoms with Crippen molar-refractivity contribution in [3.8, 4) is 6.07 Å². The Bertz CT molecular complexity index is 997. The molecule has 0 aliphatic heterocycles. The highest BCUT2D eigenvalue weighted by Crippen LogP contribution is 2.31. The highest BCUT2D eigenvalue weighted by Gasteiger charge is 2.16. The molecule has 0 spiro atoms. The molecule has 0 bridgehead atoms. The Kier molecular flexibility index (Phi) is 9.84. The van der Waals surface area contributed by atoms with Crippen molar-refractivity contribution in [2.75, 3.05) is 24.7 Å². The fraction of sp³-hybridized carbons (Fsp3) is 0.227. The maximum atomic E-state index is 11.2. The van der Waals surface area contributed by atoms with Crippen LogP contribution in [0.15, 0.2) is 48.5 Å². The lowest BCUT2D eigenvalue weighted by Crippen LogP contribution is -2.20. The molecule has 0 aliphatic rings. The van der Waals surface area contributed by atoms with Gasteiger partial charge in [0.15, 0.2) is 11.4 Å². The number of hydrogen-bond donors (Lipinski definition) is 1. The van der Waals surface area contributed by atoms with Crippen molar-refractivity contribution < 1.29 is 4.79 Å². The van der Waals surface area contributed by atoms with Gasteiger partial charge in [-0.15, -0.1) is 11.3 Å². The Balaban J connectivity index is 0.000000735. The second kappa shape index (κ2) is 12.4. The second-order valence-corrected chi connectivity index (χ2v) is 8.59. The predicted octanol–water partition coefficient (Wildman–Crippen LogP) is 5.65. The molecule has 0 amide bonds. The summed E-state index contributed by atoms with van der Waals surface area (Å²) >= 11 is 9.17. The molecule has 1 N–H and O–H groups in total. The Morgan fingerprint density at radius 2 is 2.00 bits per heavy atom. The molecule has 5 nitrogen and oxygen atoms in total. The summed E-state index contributed by atoms with van der Waals surface area (Å²) in [6.45, 7) is 2.57. The van der Waals surface area contributed by atoms with E-state index in [1.807, 2.05) is 56.6 Å². The molecule has 0 saturated carbocycles. The zero-order valence-corrected chi connectivity index (χ0v) is 19.4. The van der Waals surface area contributed by atoms with E-state index in [9.17, 15) is 4.79 Å². The highest BCUT2D eigenvalue weighted by molar-refractivity contribution is 7.96. The lowest BCUT2D eigenvalue weighted by molar-refractivity contribution is 0.111. The van der Waals surface area contributed by atoms with E-state index in [2.05, 4.69) is 20.7 Å². The first kappa shape index (κ1) is 23.9. The molecule has 0 unspecified atom stereocenters. The molecule has 156 valence electrons. The third-order valence-electron chi connectivity index (χ3n) is 4.19. The molecule has 1 heterocycles. The number of carbonyl (C=O) groups is 1. The van der Waals surface area contributed by atoms with Crippen LogP contribution >= 0.6 is 34.9 Å². The van der Waals surface area contributed by atoms with E-state index in [0.717, 1.165) is 34.0 Å². The fourth-order valence-electron chi connectivity index (χ4n) is 2.60. The molecule has 0 atom stereocenters. The van der Waals surface area contributed by atoms with Gasteiger partial charge < -0.3 is 4.90 Å². The topological polar surface area (TPSA) is 69.0 Å². The van der Waals surface area contributed by atoms with Gasteiger partial charge in [-0.3, -0.25) is 9.52 Å². The quantitative estimate of drug-likeness (QED) is 0.364. The number of hydrogen-bond acceptors (Lipinski definition) is 7. The Morgan fingerprint density at radius 3 is 2.53 bits per heavy atom. The normalized spacial score (nSPS) is 9.97. The average Bonchev–Trinajstić information content (AvgIpc) is 3.15. The Morgan fingerprint density at radius 1 is 1.30 bits per heavy atom. The largest absolute Gasteiger partial charge is 0.317 e. The van der Waals surface area contributed by atoms with E-state index in [-0.39, 0.29) is 0 Å². The van der Waals surface area contributed by atoms with Crippen LogP contribution in [0.1, 0.15) is 26.5 Å². The third-order valence-corrected chi connectivity index (χ3v) is 5.84. The Labute approximate surface area is 190 Å². The number of aldehydes is 1. The molecule has 0 fully saturated rings. The van der Waals surface area contributed by atoms with Crippen LogP contribution in [0.3, 0.4) is 0 Å². The molecule has 30 heavy (non-hydrogen) atoms. The SMILES string of the molecule is CNSC.Cc1sc(N(CCc2cccc(Cl)c2)c2ccc(C#N)cc2)nc1C=O. The van der Waals surface area contributed by atoms with Crippen LogP contribution < -0.4 is 9.62 Å². The number of carbonyl (C=O) groups excluding carboxylic acids is 1. The molecule has 1 aromatic heterocycles. The van der Waals surface area contributed by atoms with Gasteiger partial charge in [-0.1, -0.05) is 35.7 Å². The molecule has 0 aliphatic carbocycles. The van der Waals surface area contributed by atoms with Crippen LogP contribution in [0.5, 0.6) is 0 Å². The van der Waals surface area contributed by atoms with Crippen molar-refractivity contribution in [2.24, 2.45) is 0 Å². The number of thiazole rings is 1. The van der Waals surface area contributed by atoms with E-state index in [1.165, 1.54) is 11.3 Å². The number of halogens is 1. The van der Waals surface area contributed by atoms with Crippen molar-refractivity contribution in [1.82, 2.24) is 9.71 Å². The summed E-state index contributed by atoms with van der Waals surface area (Å²) in [5, 5.41) is 10.5. The summed E-state index contributed by atoms with van der Waals surface area (Å²) in [7, 11) is 1.89. The minimum atomic E-state index is 0.464. The lowest BCUT2D eigenvalue weighted by Gasteiger charge is -2.22. The van der Waals surface area contributed by atoms with Crippen molar-refractivity contribution in [3.63, 3.8) is 0 Å². The van der Waals surface area contributed by atoms with Gasteiger partial charge in [0.1, 0.15) is 5.69 Å². The monoisotopic (exact) mass is 458 g/mol. The number of nitrogens with one attached hydrogen (secondary N) is 1. The number of nitrogens with zero attached hydrogens (tertiary/aromatic N) is 3. The molecule has 0 saturated heterocycles. The molecular weight excluding hydrogens is 436 g/mol. The first-order valence-corrected chi connectivity index (χ1v) is 11.6. The molecule has 3 aromatic rings. The summed E-state index contributed by atoms with van der Waals surface area (Å²) in [6.07, 6.45) is 3.54. The maximum absolute atomic E-state index is 11.2. The zero-order chi connectivity index (χ0) is 21.9. The highest BCUT2D eigenvalue weighted by atomic mass is 35.5. The van der Waals surface area contributed by atoms with Gasteiger partial charge >= 0.3 is 0 Å². The van der Waals surface area contributed by atoms with Crippen molar-refractivity contribution in [2.45, 2.75) is 13.3 Å². The van der Waals surface area contributed by atoms with E-state index >= 15 is 0 Å². The van der Waals surface area contributed by atoms with E-state index < -0.39 is 0 Å². The van der Waals surface area contributed by atoms with Crippen LogP contribution in [0.4, 0.5) is 10.8 Å². The summed E-state index contributed by atoms with van der Waals surface area (Å²) in [5.41, 5.74) is 3.12. The number of rotatable bonds is 7. The van der Waals surface area contributed by atoms with Gasteiger partial charge in [0.25, 0.3) is 0 Å². The number of aryl methyl sites for hydroxylation is 1. The standard InChI is InChI=1S/C20H16ClN3OS.C2H7NS/c1-14-19(13-25)23-20(26-14)24(18-7-5-16(12-22)6-8-18)10-9-15-3-2-4-17(21)11-15;1-3-4-2/h2-8,11,13H,9-10H2,1H3;3H,1-2H3. The number of nitriles is 1. The summed E-state index contributed by atoms with van der Waals surface area (Å²) in [5.74, 6) is 0. The molecule has 3 rings (SSSR count). The number of anilines is 2. The minimum Gasteiger partial charge on any atom is -0.317 e. The lowest BCUT2D eigenvalue weighted by atomic mass is 10.1. The fourth-order valence-corrected chi connectivity index (χ4v) is 3.74. The molecule has 2 aromatic carbocycles. The van der Waals surface area contributed by atoms with Gasteiger partial charge in [-0.2, -0.15) is 5.26 Å². The van der Waals surface area contributed by atoms with Gasteiger partial charge in [0.05, 0.1) is 11.6 Å². The van der Waals surface area contributed by atoms with Gasteiger partial charge in [-0.05, 0) is 68.6 Å². The Hall–Kier alpha value is -2.37. The van der Waals surface area contributed by atoms with Crippen LogP contribution in [-0.2, 0) is 6.42 Å². The average molecular weight is 459 g/mol. The first-order valence-electron chi connectivity index (χ1n) is 9.16. The van der Waals surface area contributed by atoms with Gasteiger partial charge in [0.2, 0.25) is 0 Å². The molecule has 0 radical (unpaired) electrons. The van der Waals surface area contributed by atoms with Crippen LogP contribution in [-0.4, -0.2) is 31.1 Å². The summed E-state index contributed by atoms with van der Waals surface area (Å²) < 4.78 is 2.85. The summed E-state index contributed by atoms with van der Waals surface area (Å²) in [6, 6.07) is 17.2. The van der Waals surface area contributed by atoms with Crippen LogP contribution in [0, 0.1) is 18.3 Å². The number of aromatic nitrogens is 1. The zero-order valence-electron chi connectivity index (χ0n) is 17.1. The second-order valence-electron chi connectivity index (χ2n) is 6.15. The van der Waals surface area contributed by atoms with Gasteiger partial charge in [-0.25, -0.2) is 4.98 Å². The first-order chi connectivity index (χ1) is 14.5. The van der Waals surface area contributed by atoms with Crippen LogP contribution in [0.25, 0.3) is 0 Å². The van der Waals surface area contributed by atoms with Crippen molar-refractivity contribution in [1.29, 1.82) is 5.26 Å². The van der Waals surface area contributed by atoms with Crippen molar-refractivity contribution in [3.05, 3.63) is 75.3 Å². The smallest absolute Gasteiger partial charge is 0.190 e. The minimum absolute atomic E-state index is 0.464. The van der Waals surface area contributed by atoms with Crippen LogP contribution in [0.2, 0.25) is 5.02 Å². The molecule has 8 heteroatoms. The number of benzene rings is 2. The van der Waals surface area contributed by atoms with E-state index in [4.69, 9.17) is 16.9 Å².